The fraction of sp³-hybridized carbons (Fsp3) is 0.259. The molecule has 0 amide bonds. The second-order valence-corrected chi connectivity index (χ2v) is 13.3. The molecule has 0 bridgehead atoms. The first-order chi connectivity index (χ1) is 18.3. The lowest BCUT2D eigenvalue weighted by atomic mass is 9.90. The molecule has 0 spiro atoms. The number of anilines is 2. The first-order valence-electron chi connectivity index (χ1n) is 11.5. The minimum absolute atomic E-state index is 0.00164. The number of nitrogens with zero attached hydrogens (tertiary/aromatic N) is 4. The fourth-order valence-corrected chi connectivity index (χ4v) is 4.68. The van der Waals surface area contributed by atoms with Gasteiger partial charge >= 0.3 is 17.8 Å². The summed E-state index contributed by atoms with van der Waals surface area (Å²) in [6.07, 6.45) is 1.35. The summed E-state index contributed by atoms with van der Waals surface area (Å²) in [6.45, 7) is 1.54. The summed E-state index contributed by atoms with van der Waals surface area (Å²) in [5.41, 5.74) is -0.185. The van der Waals surface area contributed by atoms with E-state index in [-0.39, 0.29) is 22.9 Å². The van der Waals surface area contributed by atoms with Gasteiger partial charge in [0.05, 0.1) is 29.9 Å². The van der Waals surface area contributed by atoms with Crippen LogP contribution in [0.1, 0.15) is 35.2 Å². The molecule has 1 aromatic heterocycles. The largest absolute Gasteiger partial charge is 0.466 e. The van der Waals surface area contributed by atoms with Crippen molar-refractivity contribution < 1.29 is 22.7 Å². The number of aromatic amines is 1. The molecule has 0 aliphatic carbocycles. The van der Waals surface area contributed by atoms with Gasteiger partial charge in [-0.2, -0.15) is 28.5 Å². The van der Waals surface area contributed by atoms with E-state index in [1.807, 2.05) is 18.8 Å². The molecule has 2 heterocycles. The summed E-state index contributed by atoms with van der Waals surface area (Å²) in [7, 11) is -0.117. The van der Waals surface area contributed by atoms with Crippen LogP contribution in [0.15, 0.2) is 58.5 Å². The number of carbonyl (C=O) groups excluding carboxylic acids is 1. The Hall–Kier alpha value is -4.42. The second kappa shape index (κ2) is 10.0. The average molecular weight is 556 g/mol. The number of methoxy groups -OCH3 is 1. The van der Waals surface area contributed by atoms with Crippen LogP contribution in [0, 0.1) is 22.5 Å². The fourth-order valence-electron chi connectivity index (χ4n) is 4.26. The van der Waals surface area contributed by atoms with Crippen LogP contribution < -0.4 is 10.6 Å². The van der Waals surface area contributed by atoms with Gasteiger partial charge in [-0.15, -0.1) is 5.10 Å². The van der Waals surface area contributed by atoms with Crippen LogP contribution in [0.3, 0.4) is 0 Å². The Bertz CT molecular complexity index is 1660. The second-order valence-electron chi connectivity index (χ2n) is 9.45. The minimum atomic E-state index is -4.62. The lowest BCUT2D eigenvalue weighted by Crippen LogP contribution is -2.38. The van der Waals surface area contributed by atoms with Crippen molar-refractivity contribution in [1.29, 1.82) is 5.26 Å². The maximum Gasteiger partial charge on any atom is 0.416 e. The number of hydrogen-bond donors (Lipinski definition) is 1. The van der Waals surface area contributed by atoms with E-state index in [9.17, 15) is 28.0 Å². The van der Waals surface area contributed by atoms with E-state index in [1.165, 1.54) is 35.6 Å². The van der Waals surface area contributed by atoms with Crippen LogP contribution in [0.4, 0.5) is 24.8 Å². The molecule has 2 aromatic carbocycles. The molecule has 0 radical (unpaired) electrons. The molecule has 0 fully saturated rings. The number of H-pyrrole nitrogens is 1. The van der Waals surface area contributed by atoms with Gasteiger partial charge in [0.15, 0.2) is 0 Å². The summed E-state index contributed by atoms with van der Waals surface area (Å²) in [5, 5.41) is 19.1. The highest BCUT2D eigenvalue weighted by atomic mass is 32.3. The lowest BCUT2D eigenvalue weighted by molar-refractivity contribution is -0.138. The Labute approximate surface area is 224 Å². The molecule has 0 saturated heterocycles. The Morgan fingerprint density at radius 2 is 1.90 bits per heavy atom. The zero-order valence-corrected chi connectivity index (χ0v) is 22.5. The Morgan fingerprint density at radius 1 is 1.18 bits per heavy atom. The standard InChI is InChI=1S/C27H24F3N5O3S/c1-16-22(24(36)38-2)23(21-10-9-17(15-31)13-18(21)11-12-39(3,4)5)35-25(32-33-26(35)37)34(16)20-8-6-7-19(14-20)27(28,29)30/h6-10,13-14,23H,1-5H3,(H,33,37)/t23-/m1/s1. The molecule has 0 saturated carbocycles. The Morgan fingerprint density at radius 3 is 2.51 bits per heavy atom. The van der Waals surface area contributed by atoms with Crippen molar-refractivity contribution in [1.82, 2.24) is 14.8 Å². The smallest absolute Gasteiger partial charge is 0.416 e. The molecule has 8 nitrogen and oxygen atoms in total. The molecule has 1 aliphatic rings. The molecule has 1 N–H and O–H groups in total. The van der Waals surface area contributed by atoms with Crippen molar-refractivity contribution >= 4 is 27.6 Å². The summed E-state index contributed by atoms with van der Waals surface area (Å²) < 4.78 is 46.8. The maximum absolute atomic E-state index is 13.5. The minimum Gasteiger partial charge on any atom is -0.466 e. The Kier molecular flexibility index (Phi) is 7.11. The van der Waals surface area contributed by atoms with Gasteiger partial charge in [-0.3, -0.25) is 4.90 Å². The lowest BCUT2D eigenvalue weighted by Gasteiger charge is -2.35. The van der Waals surface area contributed by atoms with Gasteiger partial charge in [-0.25, -0.2) is 19.3 Å². The van der Waals surface area contributed by atoms with Crippen LogP contribution in [0.5, 0.6) is 0 Å². The number of hydrogen-bond acceptors (Lipinski definition) is 6. The topological polar surface area (TPSA) is 104 Å². The highest BCUT2D eigenvalue weighted by Crippen LogP contribution is 2.43. The highest BCUT2D eigenvalue weighted by molar-refractivity contribution is 8.35. The number of alkyl halides is 3. The van der Waals surface area contributed by atoms with Crippen LogP contribution >= 0.6 is 10.0 Å². The first kappa shape index (κ1) is 27.6. The van der Waals surface area contributed by atoms with Crippen LogP contribution in [0.25, 0.3) is 0 Å². The molecule has 4 rings (SSSR count). The van der Waals surface area contributed by atoms with Gasteiger partial charge in [0, 0.05) is 16.9 Å². The summed E-state index contributed by atoms with van der Waals surface area (Å²) in [6, 6.07) is 10.2. The zero-order valence-electron chi connectivity index (χ0n) is 21.7. The third-order valence-corrected chi connectivity index (χ3v) is 6.66. The zero-order chi connectivity index (χ0) is 28.7. The van der Waals surface area contributed by atoms with Crippen molar-refractivity contribution in [3.05, 3.63) is 86.5 Å². The van der Waals surface area contributed by atoms with E-state index in [2.05, 4.69) is 27.4 Å². The molecule has 0 unspecified atom stereocenters. The van der Waals surface area contributed by atoms with Crippen LogP contribution in [-0.2, 0) is 15.7 Å². The van der Waals surface area contributed by atoms with Crippen molar-refractivity contribution in [2.75, 3.05) is 30.8 Å². The number of halogens is 3. The van der Waals surface area contributed by atoms with E-state index in [0.717, 1.165) is 12.1 Å². The molecule has 3 aromatic rings. The first-order valence-corrected chi connectivity index (χ1v) is 14.3. The van der Waals surface area contributed by atoms with Crippen molar-refractivity contribution in [3.8, 4) is 17.2 Å². The molecule has 39 heavy (non-hydrogen) atoms. The van der Waals surface area contributed by atoms with Crippen LogP contribution in [-0.4, -0.2) is 46.6 Å². The van der Waals surface area contributed by atoms with Gasteiger partial charge in [0.2, 0.25) is 5.95 Å². The van der Waals surface area contributed by atoms with E-state index in [1.54, 1.807) is 18.2 Å². The maximum atomic E-state index is 13.5. The third-order valence-electron chi connectivity index (χ3n) is 5.95. The molecule has 202 valence electrons. The third kappa shape index (κ3) is 5.29. The van der Waals surface area contributed by atoms with Crippen molar-refractivity contribution in [2.45, 2.75) is 19.1 Å². The molecule has 12 heteroatoms. The number of aromatic nitrogens is 3. The Balaban J connectivity index is 2.05. The van der Waals surface area contributed by atoms with Crippen molar-refractivity contribution in [3.63, 3.8) is 0 Å². The van der Waals surface area contributed by atoms with E-state index >= 15 is 0 Å². The van der Waals surface area contributed by atoms with Gasteiger partial charge < -0.3 is 4.74 Å². The van der Waals surface area contributed by atoms with E-state index < -0.39 is 39.5 Å². The monoisotopic (exact) mass is 555 g/mol. The SMILES string of the molecule is COC(=O)C1=C(C)N(c2cccc(C(F)(F)F)c2)c2n[nH]c(=O)n2[C@@H]1c1ccc(C#N)cc1C#CS(C)(C)C. The van der Waals surface area contributed by atoms with E-state index in [0.29, 0.717) is 16.7 Å². The molecular formula is C27H24F3N5O3S. The summed E-state index contributed by atoms with van der Waals surface area (Å²) >= 11 is 0. The quantitative estimate of drug-likeness (QED) is 0.373. The number of fused-ring (bicyclic) bond motifs is 1. The number of allylic oxidation sites excluding steroid dienone is 1. The predicted molar refractivity (Wildman–Crippen MR) is 143 cm³/mol. The number of nitrogens with one attached hydrogen (secondary N) is 1. The van der Waals surface area contributed by atoms with Gasteiger partial charge in [0.25, 0.3) is 0 Å². The number of rotatable bonds is 3. The normalized spacial score (nSPS) is 15.7. The van der Waals surface area contributed by atoms with Crippen molar-refractivity contribution in [2.24, 2.45) is 0 Å². The summed E-state index contributed by atoms with van der Waals surface area (Å²) in [4.78, 5) is 27.7. The number of esters is 1. The number of carbonyl (C=O) groups is 1. The van der Waals surface area contributed by atoms with Gasteiger partial charge in [0.1, 0.15) is 6.04 Å². The predicted octanol–water partition coefficient (Wildman–Crippen LogP) is 4.65. The molecular weight excluding hydrogens is 531 g/mol. The molecule has 1 atom stereocenters. The van der Waals surface area contributed by atoms with E-state index in [4.69, 9.17) is 4.74 Å². The van der Waals surface area contributed by atoms with Gasteiger partial charge in [-0.05, 0) is 66.8 Å². The van der Waals surface area contributed by atoms with Crippen LogP contribution in [0.2, 0.25) is 0 Å². The molecule has 1 aliphatic heterocycles. The van der Waals surface area contributed by atoms with Gasteiger partial charge in [-0.1, -0.05) is 18.1 Å². The summed E-state index contributed by atoms with van der Waals surface area (Å²) in [5.74, 6) is 2.28. The number of nitriles is 1. The highest BCUT2D eigenvalue weighted by Gasteiger charge is 2.41. The number of benzene rings is 2. The number of ether oxygens (including phenoxy) is 1. The average Bonchev–Trinajstić information content (AvgIpc) is 3.26.